The molecule has 7 nitrogen and oxygen atoms in total. The molecule has 190 valence electrons. The lowest BCUT2D eigenvalue weighted by atomic mass is 10.0. The van der Waals surface area contributed by atoms with E-state index in [-0.39, 0.29) is 10.7 Å². The number of carboxylic acid groups (broad SMARTS) is 1. The Kier molecular flexibility index (Phi) is 7.39. The summed E-state index contributed by atoms with van der Waals surface area (Å²) in [5.74, 6) is -0.529. The Morgan fingerprint density at radius 2 is 1.63 bits per heavy atom. The highest BCUT2D eigenvalue weighted by atomic mass is 32.2. The zero-order chi connectivity index (χ0) is 26.6. The highest BCUT2D eigenvalue weighted by Gasteiger charge is 2.41. The Labute approximate surface area is 229 Å². The number of aryl methyl sites for hydroxylation is 1. The van der Waals surface area contributed by atoms with Crippen molar-refractivity contribution in [2.75, 3.05) is 0 Å². The normalized spacial score (nSPS) is 15.2. The summed E-state index contributed by atoms with van der Waals surface area (Å²) in [5, 5.41) is 14.7. The standard InChI is InChI=1S/C29H23N3O4S2/c1-19-23(27(36-22-15-9-4-10-16-22)32(30-19)21-13-7-3-8-14-21)18-25-26(33)31(29(37)38-25)24(28(34)35)17-20-11-5-2-6-12-20/h2-16,18,24H,17H2,1H3,(H,34,35)/b25-18-/t24-/m0/s1. The molecule has 1 saturated heterocycles. The van der Waals surface area contributed by atoms with Gasteiger partial charge in [0.05, 0.1) is 21.8 Å². The van der Waals surface area contributed by atoms with E-state index in [0.29, 0.717) is 27.8 Å². The summed E-state index contributed by atoms with van der Waals surface area (Å²) in [6.45, 7) is 1.83. The highest BCUT2D eigenvalue weighted by Crippen LogP contribution is 2.38. The van der Waals surface area contributed by atoms with Crippen molar-refractivity contribution < 1.29 is 19.4 Å². The third kappa shape index (κ3) is 5.25. The van der Waals surface area contributed by atoms with Crippen LogP contribution >= 0.6 is 24.0 Å². The number of amides is 1. The monoisotopic (exact) mass is 541 g/mol. The first-order chi connectivity index (χ1) is 18.4. The van der Waals surface area contributed by atoms with Gasteiger partial charge in [-0.15, -0.1) is 0 Å². The molecular formula is C29H23N3O4S2. The fraction of sp³-hybridized carbons (Fsp3) is 0.103. The molecule has 1 N–H and O–H groups in total. The van der Waals surface area contributed by atoms with Gasteiger partial charge in [-0.05, 0) is 42.8 Å². The number of carbonyl (C=O) groups is 2. The average molecular weight is 542 g/mol. The van der Waals surface area contributed by atoms with Gasteiger partial charge in [-0.2, -0.15) is 9.78 Å². The molecule has 0 spiro atoms. The van der Waals surface area contributed by atoms with Gasteiger partial charge in [0, 0.05) is 6.42 Å². The van der Waals surface area contributed by atoms with E-state index in [9.17, 15) is 14.7 Å². The number of hydrogen-bond donors (Lipinski definition) is 1. The molecular weight excluding hydrogens is 518 g/mol. The molecule has 38 heavy (non-hydrogen) atoms. The molecule has 0 aliphatic carbocycles. The first kappa shape index (κ1) is 25.4. The van der Waals surface area contributed by atoms with Crippen molar-refractivity contribution in [3.63, 3.8) is 0 Å². The number of thiocarbonyl (C=S) groups is 1. The van der Waals surface area contributed by atoms with E-state index in [4.69, 9.17) is 17.0 Å². The van der Waals surface area contributed by atoms with Crippen LogP contribution in [-0.2, 0) is 16.0 Å². The molecule has 1 atom stereocenters. The highest BCUT2D eigenvalue weighted by molar-refractivity contribution is 8.26. The molecule has 2 heterocycles. The predicted octanol–water partition coefficient (Wildman–Crippen LogP) is 5.87. The molecule has 5 rings (SSSR count). The molecule has 0 radical (unpaired) electrons. The van der Waals surface area contributed by atoms with Crippen molar-refractivity contribution >= 4 is 46.3 Å². The van der Waals surface area contributed by atoms with Crippen LogP contribution in [0.4, 0.5) is 0 Å². The Balaban J connectivity index is 1.53. The van der Waals surface area contributed by atoms with E-state index in [1.165, 1.54) is 4.90 Å². The van der Waals surface area contributed by atoms with Crippen LogP contribution in [0.2, 0.25) is 0 Å². The lowest BCUT2D eigenvalue weighted by molar-refractivity contribution is -0.145. The third-order valence-electron chi connectivity index (χ3n) is 5.99. The molecule has 1 aliphatic rings. The van der Waals surface area contributed by atoms with Crippen LogP contribution in [0.25, 0.3) is 11.8 Å². The van der Waals surface area contributed by atoms with Crippen LogP contribution in [0.15, 0.2) is 95.9 Å². The van der Waals surface area contributed by atoms with E-state index in [1.54, 1.807) is 10.8 Å². The molecule has 1 fully saturated rings. The van der Waals surface area contributed by atoms with Crippen LogP contribution in [0.1, 0.15) is 16.8 Å². The maximum atomic E-state index is 13.5. The second kappa shape index (κ2) is 11.0. The summed E-state index contributed by atoms with van der Waals surface area (Å²) in [6.07, 6.45) is 1.82. The Hall–Kier alpha value is -4.21. The average Bonchev–Trinajstić information content (AvgIpc) is 3.38. The summed E-state index contributed by atoms with van der Waals surface area (Å²) in [6, 6.07) is 26.9. The third-order valence-corrected chi connectivity index (χ3v) is 7.32. The largest absolute Gasteiger partial charge is 0.480 e. The smallest absolute Gasteiger partial charge is 0.327 e. The van der Waals surface area contributed by atoms with Crippen molar-refractivity contribution in [1.82, 2.24) is 14.7 Å². The van der Waals surface area contributed by atoms with Crippen molar-refractivity contribution in [2.45, 2.75) is 19.4 Å². The van der Waals surface area contributed by atoms with E-state index in [0.717, 1.165) is 23.0 Å². The fourth-order valence-corrected chi connectivity index (χ4v) is 5.47. The minimum absolute atomic E-state index is 0.142. The fourth-order valence-electron chi connectivity index (χ4n) is 4.13. The molecule has 1 aromatic heterocycles. The van der Waals surface area contributed by atoms with E-state index in [2.05, 4.69) is 5.10 Å². The lowest BCUT2D eigenvalue weighted by Gasteiger charge is -2.23. The minimum Gasteiger partial charge on any atom is -0.480 e. The van der Waals surface area contributed by atoms with Crippen LogP contribution < -0.4 is 4.74 Å². The second-order valence-electron chi connectivity index (χ2n) is 8.56. The number of nitrogens with zero attached hydrogens (tertiary/aromatic N) is 3. The molecule has 4 aromatic rings. The van der Waals surface area contributed by atoms with Gasteiger partial charge in [-0.1, -0.05) is 90.7 Å². The van der Waals surface area contributed by atoms with Crippen LogP contribution in [0, 0.1) is 6.92 Å². The number of benzene rings is 3. The number of ether oxygens (including phenoxy) is 1. The van der Waals surface area contributed by atoms with Crippen molar-refractivity contribution in [3.05, 3.63) is 113 Å². The number of thioether (sulfide) groups is 1. The van der Waals surface area contributed by atoms with Gasteiger partial charge in [0.25, 0.3) is 5.91 Å². The number of hydrogen-bond acceptors (Lipinski definition) is 6. The van der Waals surface area contributed by atoms with E-state index in [1.807, 2.05) is 97.9 Å². The van der Waals surface area contributed by atoms with E-state index >= 15 is 0 Å². The van der Waals surface area contributed by atoms with Gasteiger partial charge < -0.3 is 9.84 Å². The minimum atomic E-state index is -1.12. The molecule has 1 amide bonds. The van der Waals surface area contributed by atoms with Gasteiger partial charge in [0.2, 0.25) is 5.88 Å². The van der Waals surface area contributed by atoms with Crippen LogP contribution in [0.3, 0.4) is 0 Å². The van der Waals surface area contributed by atoms with Gasteiger partial charge in [-0.3, -0.25) is 9.69 Å². The van der Waals surface area contributed by atoms with Gasteiger partial charge in [0.1, 0.15) is 16.1 Å². The summed E-state index contributed by atoms with van der Waals surface area (Å²) < 4.78 is 8.16. The Morgan fingerprint density at radius 1 is 1.03 bits per heavy atom. The number of para-hydroxylation sites is 2. The molecule has 0 unspecified atom stereocenters. The first-order valence-electron chi connectivity index (χ1n) is 11.8. The van der Waals surface area contributed by atoms with Crippen molar-refractivity contribution in [2.24, 2.45) is 0 Å². The van der Waals surface area contributed by atoms with Crippen LogP contribution in [-0.4, -0.2) is 42.0 Å². The SMILES string of the molecule is Cc1nn(-c2ccccc2)c(Oc2ccccc2)c1/C=C1\SC(=S)N([C@@H](Cc2ccccc2)C(=O)O)C1=O. The second-order valence-corrected chi connectivity index (χ2v) is 10.2. The first-order valence-corrected chi connectivity index (χ1v) is 13.1. The summed E-state index contributed by atoms with van der Waals surface area (Å²) >= 11 is 6.56. The summed E-state index contributed by atoms with van der Waals surface area (Å²) in [4.78, 5) is 27.2. The summed E-state index contributed by atoms with van der Waals surface area (Å²) in [7, 11) is 0. The quantitative estimate of drug-likeness (QED) is 0.221. The zero-order valence-corrected chi connectivity index (χ0v) is 22.0. The number of carboxylic acids is 1. The van der Waals surface area contributed by atoms with Gasteiger partial charge >= 0.3 is 5.97 Å². The van der Waals surface area contributed by atoms with E-state index < -0.39 is 17.9 Å². The zero-order valence-electron chi connectivity index (χ0n) is 20.4. The molecule has 3 aromatic carbocycles. The maximum Gasteiger partial charge on any atom is 0.327 e. The lowest BCUT2D eigenvalue weighted by Crippen LogP contribution is -2.45. The Morgan fingerprint density at radius 3 is 2.26 bits per heavy atom. The Bertz CT molecular complexity index is 1520. The molecule has 9 heteroatoms. The summed E-state index contributed by atoms with van der Waals surface area (Å²) in [5.41, 5.74) is 2.84. The maximum absolute atomic E-state index is 13.5. The number of carbonyl (C=O) groups excluding carboxylic acids is 1. The topological polar surface area (TPSA) is 84.7 Å². The van der Waals surface area contributed by atoms with Crippen molar-refractivity contribution in [1.29, 1.82) is 0 Å². The predicted molar refractivity (Wildman–Crippen MR) is 151 cm³/mol. The number of rotatable bonds is 8. The molecule has 0 saturated carbocycles. The van der Waals surface area contributed by atoms with Crippen molar-refractivity contribution in [3.8, 4) is 17.3 Å². The van der Waals surface area contributed by atoms with Gasteiger partial charge in [-0.25, -0.2) is 4.79 Å². The molecule has 0 bridgehead atoms. The number of aliphatic carboxylic acids is 1. The van der Waals surface area contributed by atoms with Crippen LogP contribution in [0.5, 0.6) is 11.6 Å². The number of aromatic nitrogens is 2. The van der Waals surface area contributed by atoms with Gasteiger partial charge in [0.15, 0.2) is 0 Å². The molecule has 1 aliphatic heterocycles.